The number of hydrogen-bond donors (Lipinski definition) is 2. The van der Waals surface area contributed by atoms with E-state index in [9.17, 15) is 32.1 Å². The van der Waals surface area contributed by atoms with E-state index in [1.165, 1.54) is 12.1 Å². The van der Waals surface area contributed by atoms with E-state index >= 15 is 0 Å². The summed E-state index contributed by atoms with van der Waals surface area (Å²) in [5, 5.41) is 2.18. The number of anilines is 1. The van der Waals surface area contributed by atoms with Gasteiger partial charge in [0, 0.05) is 18.7 Å². The third kappa shape index (κ3) is 5.38. The number of imide groups is 2. The van der Waals surface area contributed by atoms with Gasteiger partial charge in [-0.1, -0.05) is 29.8 Å². The van der Waals surface area contributed by atoms with Crippen molar-refractivity contribution in [2.75, 3.05) is 12.0 Å². The fourth-order valence-electron chi connectivity index (χ4n) is 5.41. The Hall–Kier alpha value is -4.55. The van der Waals surface area contributed by atoms with Gasteiger partial charge in [-0.15, -0.1) is 0 Å². The highest BCUT2D eigenvalue weighted by Crippen LogP contribution is 2.36. The Morgan fingerprint density at radius 3 is 2.33 bits per heavy atom. The molecule has 12 heteroatoms. The molecule has 0 aliphatic carbocycles. The number of methoxy groups -OCH3 is 1. The Morgan fingerprint density at radius 1 is 1.00 bits per heavy atom. The van der Waals surface area contributed by atoms with Crippen molar-refractivity contribution in [3.63, 3.8) is 0 Å². The molecule has 1 saturated heterocycles. The summed E-state index contributed by atoms with van der Waals surface area (Å²) < 4.78 is 39.9. The van der Waals surface area contributed by atoms with Gasteiger partial charge >= 0.3 is 0 Å². The van der Waals surface area contributed by atoms with Crippen LogP contribution in [0.1, 0.15) is 63.2 Å². The number of carbonyl (C=O) groups excluding carboxylic acids is 4. The van der Waals surface area contributed by atoms with Gasteiger partial charge in [0.1, 0.15) is 11.8 Å². The number of carbonyl (C=O) groups is 4. The third-order valence-electron chi connectivity index (χ3n) is 7.63. The molecule has 11 nitrogen and oxygen atoms in total. The van der Waals surface area contributed by atoms with E-state index in [4.69, 9.17) is 4.74 Å². The molecule has 0 saturated carbocycles. The molecular weight excluding hydrogens is 562 g/mol. The second-order valence-electron chi connectivity index (χ2n) is 10.3. The Kier molecular flexibility index (Phi) is 7.60. The first-order chi connectivity index (χ1) is 19.9. The molecule has 2 aliphatic heterocycles. The Morgan fingerprint density at radius 2 is 1.69 bits per heavy atom. The van der Waals surface area contributed by atoms with Crippen LogP contribution in [0.25, 0.3) is 0 Å². The maximum absolute atomic E-state index is 13.5. The zero-order valence-electron chi connectivity index (χ0n) is 23.2. The van der Waals surface area contributed by atoms with Gasteiger partial charge in [0.25, 0.3) is 21.9 Å². The highest BCUT2D eigenvalue weighted by Gasteiger charge is 2.45. The van der Waals surface area contributed by atoms with Crippen LogP contribution < -0.4 is 15.0 Å². The highest BCUT2D eigenvalue weighted by molar-refractivity contribution is 7.85. The van der Waals surface area contributed by atoms with Crippen molar-refractivity contribution < 1.29 is 36.9 Å². The molecule has 42 heavy (non-hydrogen) atoms. The van der Waals surface area contributed by atoms with Gasteiger partial charge in [-0.3, -0.25) is 33.9 Å². The first-order valence-electron chi connectivity index (χ1n) is 13.2. The van der Waals surface area contributed by atoms with Gasteiger partial charge in [-0.05, 0) is 67.8 Å². The normalized spacial score (nSPS) is 17.6. The lowest BCUT2D eigenvalue weighted by atomic mass is 10.0. The van der Waals surface area contributed by atoms with Crippen LogP contribution in [0, 0.1) is 6.92 Å². The van der Waals surface area contributed by atoms with Gasteiger partial charge in [-0.25, -0.2) is 0 Å². The number of nitrogens with zero attached hydrogens (tertiary/aromatic N) is 2. The van der Waals surface area contributed by atoms with E-state index in [1.807, 2.05) is 17.0 Å². The molecule has 0 radical (unpaired) electrons. The fourth-order valence-corrected chi connectivity index (χ4v) is 6.18. The lowest BCUT2D eigenvalue weighted by molar-refractivity contribution is -0.136. The van der Waals surface area contributed by atoms with Gasteiger partial charge in [0.05, 0.1) is 29.2 Å². The Labute approximate surface area is 242 Å². The number of rotatable bonds is 8. The minimum absolute atomic E-state index is 0.00874. The molecule has 2 unspecified atom stereocenters. The fraction of sp³-hybridized carbons (Fsp3) is 0.267. The summed E-state index contributed by atoms with van der Waals surface area (Å²) in [6.07, 6.45) is 0.0458. The van der Waals surface area contributed by atoms with E-state index in [0.29, 0.717) is 17.0 Å². The van der Waals surface area contributed by atoms with Crippen molar-refractivity contribution in [2.24, 2.45) is 0 Å². The summed E-state index contributed by atoms with van der Waals surface area (Å²) in [6.45, 7) is 3.85. The van der Waals surface area contributed by atoms with Crippen molar-refractivity contribution in [3.05, 3.63) is 88.5 Å². The molecule has 0 bridgehead atoms. The zero-order valence-corrected chi connectivity index (χ0v) is 24.0. The lowest BCUT2D eigenvalue weighted by Crippen LogP contribution is -2.54. The Bertz CT molecular complexity index is 1720. The van der Waals surface area contributed by atoms with Crippen LogP contribution in [0.2, 0.25) is 0 Å². The predicted octanol–water partition coefficient (Wildman–Crippen LogP) is 3.42. The highest BCUT2D eigenvalue weighted by atomic mass is 32.2. The van der Waals surface area contributed by atoms with Crippen LogP contribution in [-0.4, -0.2) is 54.7 Å². The molecule has 2 N–H and O–H groups in total. The average Bonchev–Trinajstić information content (AvgIpc) is 3.19. The quantitative estimate of drug-likeness (QED) is 0.297. The van der Waals surface area contributed by atoms with Gasteiger partial charge in [-0.2, -0.15) is 8.42 Å². The van der Waals surface area contributed by atoms with Crippen LogP contribution in [0.15, 0.2) is 65.6 Å². The first kappa shape index (κ1) is 29.0. The number of nitrogens with one attached hydrogen (secondary N) is 1. The van der Waals surface area contributed by atoms with Crippen LogP contribution in [0.4, 0.5) is 5.69 Å². The summed E-state index contributed by atoms with van der Waals surface area (Å²) in [5.41, 5.74) is 2.69. The third-order valence-corrected chi connectivity index (χ3v) is 8.56. The molecule has 5 rings (SSSR count). The smallest absolute Gasteiger partial charge is 0.294 e. The molecule has 1 fully saturated rings. The number of hydrogen-bond acceptors (Lipinski definition) is 8. The maximum atomic E-state index is 13.5. The van der Waals surface area contributed by atoms with Crippen LogP contribution in [0.3, 0.4) is 0 Å². The maximum Gasteiger partial charge on any atom is 0.294 e. The minimum atomic E-state index is -4.56. The summed E-state index contributed by atoms with van der Waals surface area (Å²) in [6, 6.07) is 14.9. The van der Waals surface area contributed by atoms with Crippen molar-refractivity contribution in [2.45, 2.75) is 50.2 Å². The number of piperidine rings is 1. The van der Waals surface area contributed by atoms with Crippen molar-refractivity contribution >= 4 is 39.4 Å². The largest absolute Gasteiger partial charge is 0.497 e. The molecule has 2 aliphatic rings. The SMILES string of the molecule is COc1ccc(CN(c2ccc3c(c2)C(=O)N(C2CCC(=O)NC2=O)C3=O)C(C)c2cc(C)ccc2S(=O)(=O)O)cc1. The van der Waals surface area contributed by atoms with Crippen molar-refractivity contribution in [3.8, 4) is 5.75 Å². The second kappa shape index (κ2) is 11.0. The van der Waals surface area contributed by atoms with E-state index in [2.05, 4.69) is 5.32 Å². The molecule has 0 aromatic heterocycles. The van der Waals surface area contributed by atoms with Gasteiger partial charge in [0.2, 0.25) is 11.8 Å². The number of fused-ring (bicyclic) bond motifs is 1. The lowest BCUT2D eigenvalue weighted by Gasteiger charge is -2.33. The molecule has 2 atom stereocenters. The summed E-state index contributed by atoms with van der Waals surface area (Å²) >= 11 is 0. The molecule has 4 amide bonds. The van der Waals surface area contributed by atoms with E-state index < -0.39 is 45.8 Å². The van der Waals surface area contributed by atoms with Crippen LogP contribution in [0.5, 0.6) is 5.75 Å². The molecule has 2 heterocycles. The zero-order chi connectivity index (χ0) is 30.3. The number of amides is 4. The van der Waals surface area contributed by atoms with E-state index in [-0.39, 0.29) is 35.4 Å². The Balaban J connectivity index is 1.57. The van der Waals surface area contributed by atoms with Crippen LogP contribution >= 0.6 is 0 Å². The number of ether oxygens (including phenoxy) is 1. The summed E-state index contributed by atoms with van der Waals surface area (Å²) in [4.78, 5) is 53.4. The second-order valence-corrected chi connectivity index (χ2v) is 11.7. The monoisotopic (exact) mass is 591 g/mol. The van der Waals surface area contributed by atoms with Gasteiger partial charge in [0.15, 0.2) is 0 Å². The minimum Gasteiger partial charge on any atom is -0.497 e. The van der Waals surface area contributed by atoms with Crippen molar-refractivity contribution in [1.29, 1.82) is 0 Å². The number of benzene rings is 3. The average molecular weight is 592 g/mol. The molecule has 0 spiro atoms. The van der Waals surface area contributed by atoms with Crippen LogP contribution in [-0.2, 0) is 26.3 Å². The van der Waals surface area contributed by atoms with E-state index in [0.717, 1.165) is 16.0 Å². The van der Waals surface area contributed by atoms with Crippen molar-refractivity contribution in [1.82, 2.24) is 10.2 Å². The number of aryl methyl sites for hydroxylation is 1. The van der Waals surface area contributed by atoms with Gasteiger partial charge < -0.3 is 9.64 Å². The molecule has 3 aromatic rings. The molecular formula is C30H29N3O8S. The predicted molar refractivity (Wildman–Crippen MR) is 152 cm³/mol. The topological polar surface area (TPSA) is 150 Å². The summed E-state index contributed by atoms with van der Waals surface area (Å²) in [7, 11) is -3.00. The first-order valence-corrected chi connectivity index (χ1v) is 14.7. The van der Waals surface area contributed by atoms with E-state index in [1.54, 1.807) is 57.4 Å². The molecule has 3 aromatic carbocycles. The molecule has 218 valence electrons. The standard InChI is InChI=1S/C30H29N3O8S/c1-17-4-12-26(42(38,39)40)23(14-17)18(2)32(16-19-5-8-21(41-3)9-6-19)20-7-10-22-24(15-20)30(37)33(29(22)36)25-11-13-27(34)31-28(25)35/h4-10,12,14-15,18,25H,11,13,16H2,1-3H3,(H,31,34,35)(H,38,39,40). The summed E-state index contributed by atoms with van der Waals surface area (Å²) in [5.74, 6) is -1.79.